The molecule has 2 atom stereocenters. The molecule has 0 aromatic rings. The van der Waals surface area contributed by atoms with Gasteiger partial charge in [0.05, 0.1) is 12.6 Å². The molecule has 0 aromatic carbocycles. The highest BCUT2D eigenvalue weighted by molar-refractivity contribution is 5.78. The third-order valence-electron chi connectivity index (χ3n) is 4.53. The minimum absolute atomic E-state index is 0.109. The van der Waals surface area contributed by atoms with Gasteiger partial charge in [-0.05, 0) is 31.6 Å². The van der Waals surface area contributed by atoms with Gasteiger partial charge in [-0.25, -0.2) is 0 Å². The topological polar surface area (TPSA) is 61.4 Å². The lowest BCUT2D eigenvalue weighted by Crippen LogP contribution is -2.43. The lowest BCUT2D eigenvalue weighted by molar-refractivity contribution is -0.121. The summed E-state index contributed by atoms with van der Waals surface area (Å²) in [6, 6.07) is 0.392. The van der Waals surface area contributed by atoms with E-state index in [1.165, 1.54) is 25.7 Å². The van der Waals surface area contributed by atoms with E-state index in [9.17, 15) is 9.90 Å². The Morgan fingerprint density at radius 2 is 1.68 bits per heavy atom. The molecule has 0 aliphatic heterocycles. The van der Waals surface area contributed by atoms with Crippen LogP contribution < -0.4 is 10.6 Å². The summed E-state index contributed by atoms with van der Waals surface area (Å²) < 4.78 is 0. The minimum atomic E-state index is -0.178. The molecule has 0 bridgehead atoms. The van der Waals surface area contributed by atoms with Gasteiger partial charge in [0.25, 0.3) is 0 Å². The zero-order valence-electron chi connectivity index (χ0n) is 11.9. The van der Waals surface area contributed by atoms with Crippen molar-refractivity contribution in [3.05, 3.63) is 0 Å². The summed E-state index contributed by atoms with van der Waals surface area (Å²) in [5, 5.41) is 16.2. The SMILES string of the molecule is O=C(CNCC1CCCCC1O)NC1CCCCC1. The van der Waals surface area contributed by atoms with Gasteiger partial charge in [-0.15, -0.1) is 0 Å². The van der Waals surface area contributed by atoms with E-state index in [1.54, 1.807) is 0 Å². The van der Waals surface area contributed by atoms with Crippen LogP contribution in [0.25, 0.3) is 0 Å². The molecule has 4 heteroatoms. The first kappa shape index (κ1) is 14.8. The van der Waals surface area contributed by atoms with Crippen LogP contribution in [0.3, 0.4) is 0 Å². The molecule has 0 heterocycles. The molecule has 110 valence electrons. The number of aliphatic hydroxyl groups is 1. The van der Waals surface area contributed by atoms with E-state index in [0.29, 0.717) is 18.5 Å². The molecular weight excluding hydrogens is 240 g/mol. The van der Waals surface area contributed by atoms with Gasteiger partial charge in [0.15, 0.2) is 0 Å². The quantitative estimate of drug-likeness (QED) is 0.709. The molecule has 0 spiro atoms. The highest BCUT2D eigenvalue weighted by atomic mass is 16.3. The van der Waals surface area contributed by atoms with E-state index in [-0.39, 0.29) is 12.0 Å². The van der Waals surface area contributed by atoms with Crippen LogP contribution in [0.5, 0.6) is 0 Å². The Morgan fingerprint density at radius 3 is 2.42 bits per heavy atom. The van der Waals surface area contributed by atoms with Crippen molar-refractivity contribution in [1.82, 2.24) is 10.6 Å². The first-order valence-electron chi connectivity index (χ1n) is 7.94. The van der Waals surface area contributed by atoms with E-state index in [4.69, 9.17) is 0 Å². The molecule has 4 nitrogen and oxygen atoms in total. The second kappa shape index (κ2) is 7.85. The lowest BCUT2D eigenvalue weighted by Gasteiger charge is -2.28. The van der Waals surface area contributed by atoms with Crippen LogP contribution in [0.2, 0.25) is 0 Å². The van der Waals surface area contributed by atoms with Crippen LogP contribution in [0, 0.1) is 5.92 Å². The van der Waals surface area contributed by atoms with E-state index >= 15 is 0 Å². The van der Waals surface area contributed by atoms with Gasteiger partial charge in [-0.2, -0.15) is 0 Å². The van der Waals surface area contributed by atoms with Crippen molar-refractivity contribution in [2.45, 2.75) is 69.9 Å². The van der Waals surface area contributed by atoms with E-state index in [1.807, 2.05) is 0 Å². The van der Waals surface area contributed by atoms with Gasteiger partial charge in [0.1, 0.15) is 0 Å². The number of amides is 1. The van der Waals surface area contributed by atoms with Gasteiger partial charge >= 0.3 is 0 Å². The molecule has 2 fully saturated rings. The molecule has 1 amide bonds. The third kappa shape index (κ3) is 5.11. The smallest absolute Gasteiger partial charge is 0.234 e. The van der Waals surface area contributed by atoms with Crippen LogP contribution >= 0.6 is 0 Å². The minimum Gasteiger partial charge on any atom is -0.393 e. The zero-order valence-corrected chi connectivity index (χ0v) is 11.9. The molecule has 2 saturated carbocycles. The number of hydrogen-bond donors (Lipinski definition) is 3. The average molecular weight is 268 g/mol. The standard InChI is InChI=1S/C15H28N2O2/c18-14-9-5-4-6-12(14)10-16-11-15(19)17-13-7-2-1-3-8-13/h12-14,16,18H,1-11H2,(H,17,19). The Balaban J connectivity index is 1.58. The van der Waals surface area contributed by atoms with Gasteiger partial charge in [0, 0.05) is 12.6 Å². The van der Waals surface area contributed by atoms with Crippen molar-refractivity contribution in [3.63, 3.8) is 0 Å². The van der Waals surface area contributed by atoms with Gasteiger partial charge in [-0.1, -0.05) is 32.1 Å². The number of carbonyl (C=O) groups excluding carboxylic acids is 1. The number of carbonyl (C=O) groups is 1. The molecule has 2 unspecified atom stereocenters. The van der Waals surface area contributed by atoms with Crippen LogP contribution in [0.4, 0.5) is 0 Å². The van der Waals surface area contributed by atoms with Crippen molar-refractivity contribution < 1.29 is 9.90 Å². The highest BCUT2D eigenvalue weighted by Gasteiger charge is 2.22. The Labute approximate surface area is 116 Å². The molecule has 0 radical (unpaired) electrons. The first-order valence-corrected chi connectivity index (χ1v) is 7.94. The first-order chi connectivity index (χ1) is 9.25. The van der Waals surface area contributed by atoms with Crippen molar-refractivity contribution in [2.24, 2.45) is 5.92 Å². The molecule has 2 rings (SSSR count). The lowest BCUT2D eigenvalue weighted by atomic mass is 9.86. The van der Waals surface area contributed by atoms with Crippen LogP contribution in [-0.4, -0.2) is 36.2 Å². The average Bonchev–Trinajstić information content (AvgIpc) is 2.42. The monoisotopic (exact) mass is 268 g/mol. The maximum Gasteiger partial charge on any atom is 0.234 e. The van der Waals surface area contributed by atoms with E-state index < -0.39 is 0 Å². The predicted octanol–water partition coefficient (Wildman–Crippen LogP) is 1.58. The molecule has 3 N–H and O–H groups in total. The van der Waals surface area contributed by atoms with Crippen LogP contribution in [-0.2, 0) is 4.79 Å². The Bertz CT molecular complexity index is 277. The van der Waals surface area contributed by atoms with Crippen molar-refractivity contribution in [2.75, 3.05) is 13.1 Å². The Hall–Kier alpha value is -0.610. The summed E-state index contributed by atoms with van der Waals surface area (Å²) >= 11 is 0. The Kier molecular flexibility index (Phi) is 6.11. The second-order valence-electron chi connectivity index (χ2n) is 6.15. The fourth-order valence-electron chi connectivity index (χ4n) is 3.32. The number of hydrogen-bond acceptors (Lipinski definition) is 3. The third-order valence-corrected chi connectivity index (χ3v) is 4.53. The maximum atomic E-state index is 11.8. The second-order valence-corrected chi connectivity index (χ2v) is 6.15. The highest BCUT2D eigenvalue weighted by Crippen LogP contribution is 2.23. The summed E-state index contributed by atoms with van der Waals surface area (Å²) in [6.45, 7) is 1.15. The van der Waals surface area contributed by atoms with Gasteiger partial charge in [0.2, 0.25) is 5.91 Å². The fourth-order valence-corrected chi connectivity index (χ4v) is 3.32. The summed E-state index contributed by atoms with van der Waals surface area (Å²) in [5.74, 6) is 0.438. The zero-order chi connectivity index (χ0) is 13.5. The number of rotatable bonds is 5. The number of aliphatic hydroxyl groups excluding tert-OH is 1. The van der Waals surface area contributed by atoms with Crippen molar-refractivity contribution in [3.8, 4) is 0 Å². The predicted molar refractivity (Wildman–Crippen MR) is 75.9 cm³/mol. The van der Waals surface area contributed by atoms with Crippen molar-refractivity contribution in [1.29, 1.82) is 0 Å². The summed E-state index contributed by atoms with van der Waals surface area (Å²) in [4.78, 5) is 11.8. The molecule has 19 heavy (non-hydrogen) atoms. The van der Waals surface area contributed by atoms with Gasteiger partial charge < -0.3 is 15.7 Å². The molecule has 2 aliphatic rings. The van der Waals surface area contributed by atoms with E-state index in [0.717, 1.165) is 38.6 Å². The summed E-state index contributed by atoms with van der Waals surface area (Å²) in [7, 11) is 0. The molecular formula is C15H28N2O2. The fraction of sp³-hybridized carbons (Fsp3) is 0.933. The Morgan fingerprint density at radius 1 is 1.00 bits per heavy atom. The molecule has 0 aromatic heterocycles. The molecule has 2 aliphatic carbocycles. The largest absolute Gasteiger partial charge is 0.393 e. The summed E-state index contributed by atoms with van der Waals surface area (Å²) in [6.07, 6.45) is 10.2. The number of nitrogens with one attached hydrogen (secondary N) is 2. The van der Waals surface area contributed by atoms with E-state index in [2.05, 4.69) is 10.6 Å². The van der Waals surface area contributed by atoms with Crippen LogP contribution in [0.1, 0.15) is 57.8 Å². The molecule has 0 saturated heterocycles. The van der Waals surface area contributed by atoms with Crippen LogP contribution in [0.15, 0.2) is 0 Å². The maximum absolute atomic E-state index is 11.8. The summed E-state index contributed by atoms with van der Waals surface area (Å²) in [5.41, 5.74) is 0. The van der Waals surface area contributed by atoms with Crippen molar-refractivity contribution >= 4 is 5.91 Å². The normalized spacial score (nSPS) is 29.1. The van der Waals surface area contributed by atoms with Gasteiger partial charge in [-0.3, -0.25) is 4.79 Å².